The molecule has 0 heterocycles. The van der Waals surface area contributed by atoms with Crippen LogP contribution in [0.3, 0.4) is 0 Å². The van der Waals surface area contributed by atoms with Crippen molar-refractivity contribution in [3.63, 3.8) is 0 Å². The standard InChI is InChI=1S/C26H37N3O4/c1-5-32-26(30)28-23(18-27-17-19-10-13-21(14-11-19)29(2)3)20-12-15-24(31-4)25(16-20)33-22-8-6-7-9-22/h10-16,22-23,27H,5-9,17-18H2,1-4H3,(H,28,30). The summed E-state index contributed by atoms with van der Waals surface area (Å²) in [6, 6.07) is 14.0. The average molecular weight is 456 g/mol. The van der Waals surface area contributed by atoms with Crippen molar-refractivity contribution >= 4 is 11.8 Å². The molecule has 1 aliphatic rings. The first kappa shape index (κ1) is 24.7. The second-order valence-corrected chi connectivity index (χ2v) is 8.54. The van der Waals surface area contributed by atoms with Gasteiger partial charge in [-0.2, -0.15) is 0 Å². The Hall–Kier alpha value is -2.93. The van der Waals surface area contributed by atoms with E-state index < -0.39 is 6.09 Å². The minimum atomic E-state index is -0.436. The fourth-order valence-electron chi connectivity index (χ4n) is 4.03. The zero-order valence-corrected chi connectivity index (χ0v) is 20.2. The van der Waals surface area contributed by atoms with Crippen LogP contribution in [0.1, 0.15) is 49.8 Å². The number of ether oxygens (including phenoxy) is 3. The van der Waals surface area contributed by atoms with Gasteiger partial charge in [0.2, 0.25) is 0 Å². The molecule has 33 heavy (non-hydrogen) atoms. The summed E-state index contributed by atoms with van der Waals surface area (Å²) in [5, 5.41) is 6.44. The number of carbonyl (C=O) groups is 1. The van der Waals surface area contributed by atoms with Crippen molar-refractivity contribution in [3.05, 3.63) is 53.6 Å². The van der Waals surface area contributed by atoms with Gasteiger partial charge in [0, 0.05) is 32.9 Å². The second kappa shape index (κ2) is 12.3. The molecular weight excluding hydrogens is 418 g/mol. The molecule has 1 saturated carbocycles. The molecule has 180 valence electrons. The van der Waals surface area contributed by atoms with E-state index in [4.69, 9.17) is 14.2 Å². The van der Waals surface area contributed by atoms with E-state index in [0.29, 0.717) is 25.4 Å². The maximum atomic E-state index is 12.2. The van der Waals surface area contributed by atoms with E-state index in [2.05, 4.69) is 39.8 Å². The molecule has 0 aromatic heterocycles. The quantitative estimate of drug-likeness (QED) is 0.514. The first-order chi connectivity index (χ1) is 16.0. The predicted octanol–water partition coefficient (Wildman–Crippen LogP) is 4.66. The Morgan fingerprint density at radius 2 is 1.82 bits per heavy atom. The number of rotatable bonds is 11. The molecule has 3 rings (SSSR count). The third-order valence-corrected chi connectivity index (χ3v) is 5.88. The van der Waals surface area contributed by atoms with E-state index in [1.54, 1.807) is 14.0 Å². The number of hydrogen-bond donors (Lipinski definition) is 2. The van der Waals surface area contributed by atoms with Crippen LogP contribution in [0.5, 0.6) is 11.5 Å². The van der Waals surface area contributed by atoms with Crippen LogP contribution in [0.2, 0.25) is 0 Å². The summed E-state index contributed by atoms with van der Waals surface area (Å²) < 4.78 is 16.9. The van der Waals surface area contributed by atoms with E-state index in [9.17, 15) is 4.79 Å². The summed E-state index contributed by atoms with van der Waals surface area (Å²) in [5.74, 6) is 1.42. The molecule has 0 aliphatic heterocycles. The van der Waals surface area contributed by atoms with Crippen molar-refractivity contribution in [2.45, 2.75) is 51.3 Å². The zero-order chi connectivity index (χ0) is 23.6. The normalized spacial score (nSPS) is 14.5. The van der Waals surface area contributed by atoms with Crippen LogP contribution < -0.4 is 25.0 Å². The van der Waals surface area contributed by atoms with Crippen molar-refractivity contribution in [1.29, 1.82) is 0 Å². The number of anilines is 1. The molecule has 0 spiro atoms. The highest BCUT2D eigenvalue weighted by Crippen LogP contribution is 2.34. The molecule has 0 bridgehead atoms. The van der Waals surface area contributed by atoms with Crippen LogP contribution in [0.4, 0.5) is 10.5 Å². The first-order valence-corrected chi connectivity index (χ1v) is 11.7. The lowest BCUT2D eigenvalue weighted by Crippen LogP contribution is -2.36. The Labute approximate surface area is 197 Å². The monoisotopic (exact) mass is 455 g/mol. The van der Waals surface area contributed by atoms with Gasteiger partial charge in [0.05, 0.1) is 25.9 Å². The van der Waals surface area contributed by atoms with Gasteiger partial charge in [-0.15, -0.1) is 0 Å². The van der Waals surface area contributed by atoms with Gasteiger partial charge in [0.15, 0.2) is 11.5 Å². The molecule has 1 fully saturated rings. The van der Waals surface area contributed by atoms with Crippen LogP contribution >= 0.6 is 0 Å². The lowest BCUT2D eigenvalue weighted by molar-refractivity contribution is 0.147. The Morgan fingerprint density at radius 1 is 1.09 bits per heavy atom. The molecule has 7 nitrogen and oxygen atoms in total. The van der Waals surface area contributed by atoms with Crippen molar-refractivity contribution < 1.29 is 19.0 Å². The molecule has 0 radical (unpaired) electrons. The summed E-state index contributed by atoms with van der Waals surface area (Å²) in [6.07, 6.45) is 4.29. The summed E-state index contributed by atoms with van der Waals surface area (Å²) in [7, 11) is 5.70. The van der Waals surface area contributed by atoms with Crippen molar-refractivity contribution in [3.8, 4) is 11.5 Å². The topological polar surface area (TPSA) is 72.1 Å². The van der Waals surface area contributed by atoms with E-state index in [0.717, 1.165) is 29.8 Å². The highest BCUT2D eigenvalue weighted by Gasteiger charge is 2.21. The number of methoxy groups -OCH3 is 1. The van der Waals surface area contributed by atoms with E-state index >= 15 is 0 Å². The first-order valence-electron chi connectivity index (χ1n) is 11.7. The van der Waals surface area contributed by atoms with Gasteiger partial charge in [-0.05, 0) is 68.0 Å². The minimum absolute atomic E-state index is 0.217. The SMILES string of the molecule is CCOC(=O)NC(CNCc1ccc(N(C)C)cc1)c1ccc(OC)c(OC2CCCC2)c1. The van der Waals surface area contributed by atoms with Gasteiger partial charge >= 0.3 is 6.09 Å². The van der Waals surface area contributed by atoms with Gasteiger partial charge in [-0.3, -0.25) is 0 Å². The molecule has 1 aliphatic carbocycles. The summed E-state index contributed by atoms with van der Waals surface area (Å²) in [5.41, 5.74) is 3.27. The van der Waals surface area contributed by atoms with Crippen LogP contribution in [0.15, 0.2) is 42.5 Å². The second-order valence-electron chi connectivity index (χ2n) is 8.54. The van der Waals surface area contributed by atoms with Gasteiger partial charge in [0.1, 0.15) is 0 Å². The smallest absolute Gasteiger partial charge is 0.407 e. The van der Waals surface area contributed by atoms with Gasteiger partial charge in [-0.25, -0.2) is 4.79 Å². The number of amides is 1. The molecule has 1 amide bonds. The van der Waals surface area contributed by atoms with Crippen LogP contribution in [0, 0.1) is 0 Å². The Bertz CT molecular complexity index is 880. The summed E-state index contributed by atoms with van der Waals surface area (Å²) in [6.45, 7) is 3.35. The predicted molar refractivity (Wildman–Crippen MR) is 131 cm³/mol. The Balaban J connectivity index is 1.71. The van der Waals surface area contributed by atoms with Crippen molar-refractivity contribution in [2.24, 2.45) is 0 Å². The van der Waals surface area contributed by atoms with E-state index in [-0.39, 0.29) is 12.1 Å². The average Bonchev–Trinajstić information content (AvgIpc) is 3.32. The van der Waals surface area contributed by atoms with Crippen LogP contribution in [-0.4, -0.2) is 46.6 Å². The number of alkyl carbamates (subject to hydrolysis) is 1. The van der Waals surface area contributed by atoms with Gasteiger partial charge in [0.25, 0.3) is 0 Å². The van der Waals surface area contributed by atoms with Gasteiger partial charge in [-0.1, -0.05) is 18.2 Å². The molecule has 2 aromatic rings. The molecule has 7 heteroatoms. The van der Waals surface area contributed by atoms with Crippen molar-refractivity contribution in [2.75, 3.05) is 39.3 Å². The third kappa shape index (κ3) is 7.29. The van der Waals surface area contributed by atoms with Crippen molar-refractivity contribution in [1.82, 2.24) is 10.6 Å². The summed E-state index contributed by atoms with van der Waals surface area (Å²) in [4.78, 5) is 14.3. The van der Waals surface area contributed by atoms with E-state index in [1.807, 2.05) is 32.3 Å². The lowest BCUT2D eigenvalue weighted by atomic mass is 10.1. The molecule has 1 atom stereocenters. The molecule has 2 N–H and O–H groups in total. The molecular formula is C26H37N3O4. The number of nitrogens with one attached hydrogen (secondary N) is 2. The summed E-state index contributed by atoms with van der Waals surface area (Å²) >= 11 is 0. The lowest BCUT2D eigenvalue weighted by Gasteiger charge is -2.22. The fraction of sp³-hybridized carbons (Fsp3) is 0.500. The van der Waals surface area contributed by atoms with Gasteiger partial charge < -0.3 is 29.7 Å². The Morgan fingerprint density at radius 3 is 2.45 bits per heavy atom. The maximum Gasteiger partial charge on any atom is 0.407 e. The molecule has 2 aromatic carbocycles. The van der Waals surface area contributed by atoms with Crippen LogP contribution in [-0.2, 0) is 11.3 Å². The molecule has 1 unspecified atom stereocenters. The number of nitrogens with zero attached hydrogens (tertiary/aromatic N) is 1. The van der Waals surface area contributed by atoms with E-state index in [1.165, 1.54) is 18.4 Å². The maximum absolute atomic E-state index is 12.2. The largest absolute Gasteiger partial charge is 0.493 e. The minimum Gasteiger partial charge on any atom is -0.493 e. The number of carbonyl (C=O) groups excluding carboxylic acids is 1. The number of hydrogen-bond acceptors (Lipinski definition) is 6. The third-order valence-electron chi connectivity index (χ3n) is 5.88. The zero-order valence-electron chi connectivity index (χ0n) is 20.2. The highest BCUT2D eigenvalue weighted by atomic mass is 16.5. The Kier molecular flexibility index (Phi) is 9.24. The fourth-order valence-corrected chi connectivity index (χ4v) is 4.03. The molecule has 0 saturated heterocycles. The highest BCUT2D eigenvalue weighted by molar-refractivity contribution is 5.68. The number of benzene rings is 2. The van der Waals surface area contributed by atoms with Crippen LogP contribution in [0.25, 0.3) is 0 Å².